The summed E-state index contributed by atoms with van der Waals surface area (Å²) in [6.45, 7) is 0.584. The van der Waals surface area contributed by atoms with Crippen molar-refractivity contribution in [3.63, 3.8) is 0 Å². The lowest BCUT2D eigenvalue weighted by Crippen LogP contribution is -2.45. The number of sulfonamides is 1. The zero-order valence-electron chi connectivity index (χ0n) is 14.3. The van der Waals surface area contributed by atoms with E-state index in [4.69, 9.17) is 5.11 Å². The maximum Gasteiger partial charge on any atom is 0.335 e. The van der Waals surface area contributed by atoms with Crippen molar-refractivity contribution in [3.8, 4) is 0 Å². The molecule has 2 fully saturated rings. The minimum absolute atomic E-state index is 0.0281. The largest absolute Gasteiger partial charge is 0.478 e. The standard InChI is InChI=1S/C17H22N2O5S2/c20-16(18-14-7-10-25-11-14)12-5-8-19(9-6-12)26(23,24)15-3-1-13(2-4-15)17(21)22/h1-4,12,14H,5-11H2,(H,18,20)(H,21,22). The van der Waals surface area contributed by atoms with E-state index in [2.05, 4.69) is 5.32 Å². The molecule has 26 heavy (non-hydrogen) atoms. The van der Waals surface area contributed by atoms with Crippen LogP contribution in [-0.4, -0.2) is 60.3 Å². The Kier molecular flexibility index (Phi) is 5.89. The molecule has 2 saturated heterocycles. The first-order valence-corrected chi connectivity index (χ1v) is 11.2. The quantitative estimate of drug-likeness (QED) is 0.777. The zero-order valence-corrected chi connectivity index (χ0v) is 15.9. The minimum atomic E-state index is -3.67. The van der Waals surface area contributed by atoms with Gasteiger partial charge in [0.2, 0.25) is 15.9 Å². The van der Waals surface area contributed by atoms with E-state index < -0.39 is 16.0 Å². The molecule has 7 nitrogen and oxygen atoms in total. The normalized spacial score (nSPS) is 22.2. The molecular formula is C17H22N2O5S2. The second kappa shape index (κ2) is 7.98. The van der Waals surface area contributed by atoms with Crippen LogP contribution in [0, 0.1) is 5.92 Å². The zero-order chi connectivity index (χ0) is 18.7. The van der Waals surface area contributed by atoms with Crippen LogP contribution in [0.1, 0.15) is 29.6 Å². The number of carbonyl (C=O) groups excluding carboxylic acids is 1. The number of carboxylic acid groups (broad SMARTS) is 1. The lowest BCUT2D eigenvalue weighted by molar-refractivity contribution is -0.126. The highest BCUT2D eigenvalue weighted by Crippen LogP contribution is 2.25. The third-order valence-electron chi connectivity index (χ3n) is 4.84. The van der Waals surface area contributed by atoms with E-state index in [1.807, 2.05) is 11.8 Å². The minimum Gasteiger partial charge on any atom is -0.478 e. The molecule has 142 valence electrons. The van der Waals surface area contributed by atoms with Crippen molar-refractivity contribution in [2.24, 2.45) is 5.92 Å². The smallest absolute Gasteiger partial charge is 0.335 e. The number of hydrogen-bond acceptors (Lipinski definition) is 5. The van der Waals surface area contributed by atoms with Gasteiger partial charge in [0.15, 0.2) is 0 Å². The van der Waals surface area contributed by atoms with Gasteiger partial charge in [0.1, 0.15) is 0 Å². The summed E-state index contributed by atoms with van der Waals surface area (Å²) in [5, 5.41) is 12.0. The first-order valence-electron chi connectivity index (χ1n) is 8.59. The van der Waals surface area contributed by atoms with Crippen LogP contribution >= 0.6 is 11.8 Å². The van der Waals surface area contributed by atoms with Crippen LogP contribution in [0.25, 0.3) is 0 Å². The van der Waals surface area contributed by atoms with Crippen LogP contribution in [0.15, 0.2) is 29.2 Å². The predicted octanol–water partition coefficient (Wildman–Crippen LogP) is 1.41. The molecule has 2 heterocycles. The van der Waals surface area contributed by atoms with Crippen molar-refractivity contribution < 1.29 is 23.1 Å². The first kappa shape index (κ1) is 19.2. The summed E-state index contributed by atoms with van der Waals surface area (Å²) in [6, 6.07) is 5.44. The molecule has 1 amide bonds. The Morgan fingerprint density at radius 2 is 1.77 bits per heavy atom. The summed E-state index contributed by atoms with van der Waals surface area (Å²) in [7, 11) is -3.67. The Balaban J connectivity index is 1.59. The van der Waals surface area contributed by atoms with Gasteiger partial charge in [-0.2, -0.15) is 16.1 Å². The first-order chi connectivity index (χ1) is 12.4. The summed E-state index contributed by atoms with van der Waals surface area (Å²) < 4.78 is 26.8. The molecule has 2 aliphatic heterocycles. The Morgan fingerprint density at radius 1 is 1.12 bits per heavy atom. The summed E-state index contributed by atoms with van der Waals surface area (Å²) in [5.41, 5.74) is 0.0457. The molecule has 0 radical (unpaired) electrons. The predicted molar refractivity (Wildman–Crippen MR) is 98.8 cm³/mol. The van der Waals surface area contributed by atoms with Crippen molar-refractivity contribution in [1.29, 1.82) is 0 Å². The number of thioether (sulfide) groups is 1. The van der Waals surface area contributed by atoms with Gasteiger partial charge in [-0.25, -0.2) is 13.2 Å². The average Bonchev–Trinajstić information content (AvgIpc) is 3.15. The number of carbonyl (C=O) groups is 2. The summed E-state index contributed by atoms with van der Waals surface area (Å²) >= 11 is 1.84. The molecule has 0 bridgehead atoms. The summed E-state index contributed by atoms with van der Waals surface area (Å²) in [4.78, 5) is 23.3. The van der Waals surface area contributed by atoms with Gasteiger partial charge in [-0.15, -0.1) is 0 Å². The molecule has 0 aliphatic carbocycles. The molecule has 1 unspecified atom stereocenters. The fourth-order valence-electron chi connectivity index (χ4n) is 3.24. The van der Waals surface area contributed by atoms with Gasteiger partial charge in [0.05, 0.1) is 10.5 Å². The van der Waals surface area contributed by atoms with Gasteiger partial charge in [0.25, 0.3) is 0 Å². The average molecular weight is 399 g/mol. The van der Waals surface area contributed by atoms with Crippen molar-refractivity contribution in [1.82, 2.24) is 9.62 Å². The molecule has 1 atom stereocenters. The van der Waals surface area contributed by atoms with Crippen LogP contribution in [0.3, 0.4) is 0 Å². The number of carboxylic acids is 1. The maximum atomic E-state index is 12.7. The molecule has 0 spiro atoms. The van der Waals surface area contributed by atoms with Gasteiger partial charge >= 0.3 is 5.97 Å². The highest BCUT2D eigenvalue weighted by atomic mass is 32.2. The number of rotatable bonds is 5. The van der Waals surface area contributed by atoms with E-state index in [1.54, 1.807) is 0 Å². The van der Waals surface area contributed by atoms with Crippen LogP contribution in [-0.2, 0) is 14.8 Å². The Morgan fingerprint density at radius 3 is 2.31 bits per heavy atom. The molecule has 9 heteroatoms. The number of piperidine rings is 1. The van der Waals surface area contributed by atoms with Gasteiger partial charge in [-0.1, -0.05) is 0 Å². The van der Waals surface area contributed by atoms with E-state index in [0.717, 1.165) is 17.9 Å². The van der Waals surface area contributed by atoms with Crippen LogP contribution in [0.5, 0.6) is 0 Å². The number of amides is 1. The Labute approximate surface area is 157 Å². The molecule has 3 rings (SSSR count). The van der Waals surface area contributed by atoms with Crippen LogP contribution in [0.2, 0.25) is 0 Å². The lowest BCUT2D eigenvalue weighted by atomic mass is 9.97. The topological polar surface area (TPSA) is 104 Å². The number of benzene rings is 1. The maximum absolute atomic E-state index is 12.7. The highest BCUT2D eigenvalue weighted by molar-refractivity contribution is 7.99. The van der Waals surface area contributed by atoms with Gasteiger partial charge in [-0.3, -0.25) is 4.79 Å². The van der Waals surface area contributed by atoms with E-state index in [0.29, 0.717) is 25.9 Å². The molecule has 2 N–H and O–H groups in total. The van der Waals surface area contributed by atoms with Crippen molar-refractivity contribution >= 4 is 33.7 Å². The third kappa shape index (κ3) is 4.21. The summed E-state index contributed by atoms with van der Waals surface area (Å²) in [6.07, 6.45) is 1.99. The van der Waals surface area contributed by atoms with E-state index in [-0.39, 0.29) is 28.3 Å². The SMILES string of the molecule is O=C(O)c1ccc(S(=O)(=O)N2CCC(C(=O)NC3CCSC3)CC2)cc1. The summed E-state index contributed by atoms with van der Waals surface area (Å²) in [5.74, 6) is 0.802. The van der Waals surface area contributed by atoms with E-state index in [1.165, 1.54) is 28.6 Å². The van der Waals surface area contributed by atoms with Gasteiger partial charge in [-0.05, 0) is 49.3 Å². The monoisotopic (exact) mass is 398 g/mol. The van der Waals surface area contributed by atoms with Crippen LogP contribution in [0.4, 0.5) is 0 Å². The number of nitrogens with one attached hydrogen (secondary N) is 1. The van der Waals surface area contributed by atoms with Gasteiger partial charge in [0, 0.05) is 30.8 Å². The molecule has 1 aromatic rings. The van der Waals surface area contributed by atoms with Crippen molar-refractivity contribution in [2.45, 2.75) is 30.2 Å². The Bertz CT molecular complexity index is 765. The van der Waals surface area contributed by atoms with E-state index >= 15 is 0 Å². The fraction of sp³-hybridized carbons (Fsp3) is 0.529. The molecule has 1 aromatic carbocycles. The highest BCUT2D eigenvalue weighted by Gasteiger charge is 2.33. The second-order valence-corrected chi connectivity index (χ2v) is 9.66. The fourth-order valence-corrected chi connectivity index (χ4v) is 5.87. The molecule has 0 aromatic heterocycles. The second-order valence-electron chi connectivity index (χ2n) is 6.58. The van der Waals surface area contributed by atoms with Crippen molar-refractivity contribution in [2.75, 3.05) is 24.6 Å². The number of aromatic carboxylic acids is 1. The number of nitrogens with zero attached hydrogens (tertiary/aromatic N) is 1. The molecule has 2 aliphatic rings. The number of hydrogen-bond donors (Lipinski definition) is 2. The molecular weight excluding hydrogens is 376 g/mol. The lowest BCUT2D eigenvalue weighted by Gasteiger charge is -2.31. The van der Waals surface area contributed by atoms with E-state index in [9.17, 15) is 18.0 Å². The van der Waals surface area contributed by atoms with Crippen LogP contribution < -0.4 is 5.32 Å². The van der Waals surface area contributed by atoms with Crippen molar-refractivity contribution in [3.05, 3.63) is 29.8 Å². The Hall–Kier alpha value is -1.58. The van der Waals surface area contributed by atoms with Gasteiger partial charge < -0.3 is 10.4 Å². The third-order valence-corrected chi connectivity index (χ3v) is 7.92. The molecule has 0 saturated carbocycles.